The molecule has 6 nitrogen and oxygen atoms in total. The van der Waals surface area contributed by atoms with Crippen LogP contribution in [-0.2, 0) is 24.3 Å². The first-order valence-corrected chi connectivity index (χ1v) is 7.95. The molecule has 1 aliphatic heterocycles. The van der Waals surface area contributed by atoms with Crippen molar-refractivity contribution in [2.45, 2.75) is 25.7 Å². The Bertz CT molecular complexity index is 797. The molecule has 2 heterocycles. The highest BCUT2D eigenvalue weighted by Crippen LogP contribution is 2.23. The first-order chi connectivity index (χ1) is 11.5. The Balaban J connectivity index is 1.62. The number of aliphatic hydroxyl groups is 1. The van der Waals surface area contributed by atoms with Crippen LogP contribution in [0.15, 0.2) is 23.0 Å². The van der Waals surface area contributed by atoms with Crippen molar-refractivity contribution in [2.24, 2.45) is 0 Å². The molecule has 1 atom stereocenters. The molecular weight excluding hydrogens is 337 g/mol. The van der Waals surface area contributed by atoms with Crippen LogP contribution in [0.4, 0.5) is 4.39 Å². The molecule has 0 aliphatic carbocycles. The summed E-state index contributed by atoms with van der Waals surface area (Å²) in [6, 6.07) is 3.85. The van der Waals surface area contributed by atoms with Gasteiger partial charge in [0.15, 0.2) is 0 Å². The molecular formula is C16H17ClFN3O3. The predicted molar refractivity (Wildman–Crippen MR) is 86.3 cm³/mol. The van der Waals surface area contributed by atoms with Crippen LogP contribution >= 0.6 is 11.6 Å². The lowest BCUT2D eigenvalue weighted by atomic mass is 10.1. The van der Waals surface area contributed by atoms with Gasteiger partial charge in [0.05, 0.1) is 37.1 Å². The van der Waals surface area contributed by atoms with Crippen molar-refractivity contribution in [3.63, 3.8) is 0 Å². The number of benzene rings is 1. The summed E-state index contributed by atoms with van der Waals surface area (Å²) in [6.45, 7) is 1.32. The largest absolute Gasteiger partial charge is 0.387 e. The third-order valence-electron chi connectivity index (χ3n) is 3.83. The van der Waals surface area contributed by atoms with Crippen molar-refractivity contribution >= 4 is 11.6 Å². The summed E-state index contributed by atoms with van der Waals surface area (Å²) >= 11 is 5.92. The molecule has 8 heteroatoms. The van der Waals surface area contributed by atoms with E-state index in [1.807, 2.05) is 0 Å². The molecule has 0 saturated carbocycles. The van der Waals surface area contributed by atoms with Gasteiger partial charge < -0.3 is 20.1 Å². The molecule has 0 spiro atoms. The van der Waals surface area contributed by atoms with Gasteiger partial charge in [-0.3, -0.25) is 4.79 Å². The van der Waals surface area contributed by atoms with Crippen molar-refractivity contribution in [3.8, 4) is 0 Å². The van der Waals surface area contributed by atoms with Crippen molar-refractivity contribution in [3.05, 3.63) is 62.0 Å². The summed E-state index contributed by atoms with van der Waals surface area (Å²) in [5.41, 5.74) is 1.57. The third-order valence-corrected chi connectivity index (χ3v) is 4.16. The Morgan fingerprint density at radius 1 is 1.50 bits per heavy atom. The zero-order chi connectivity index (χ0) is 17.1. The van der Waals surface area contributed by atoms with Gasteiger partial charge >= 0.3 is 0 Å². The van der Waals surface area contributed by atoms with E-state index in [-0.39, 0.29) is 23.7 Å². The van der Waals surface area contributed by atoms with E-state index in [9.17, 15) is 14.3 Å². The maximum atomic E-state index is 13.0. The molecule has 0 amide bonds. The molecule has 1 aliphatic rings. The van der Waals surface area contributed by atoms with Crippen LogP contribution in [-0.4, -0.2) is 28.2 Å². The van der Waals surface area contributed by atoms with Crippen LogP contribution in [0.2, 0.25) is 5.02 Å². The number of aromatic nitrogens is 2. The van der Waals surface area contributed by atoms with Crippen LogP contribution in [0.3, 0.4) is 0 Å². The lowest BCUT2D eigenvalue weighted by Gasteiger charge is -2.16. The molecule has 0 bridgehead atoms. The van der Waals surface area contributed by atoms with Gasteiger partial charge in [-0.2, -0.15) is 0 Å². The van der Waals surface area contributed by atoms with Crippen molar-refractivity contribution < 1.29 is 14.2 Å². The number of halogens is 2. The standard InChI is InChI=1S/C16H17ClFN3O3/c17-12-5-9(18)1-2-10(12)14(22)6-19-7-15-20-13-3-4-24-8-11(13)16(23)21-15/h1-2,5,14,19,22H,3-4,6-8H2,(H,20,21,23). The van der Waals surface area contributed by atoms with Gasteiger partial charge in [0.1, 0.15) is 11.6 Å². The lowest BCUT2D eigenvalue weighted by molar-refractivity contribution is 0.107. The zero-order valence-electron chi connectivity index (χ0n) is 12.8. The fraction of sp³-hybridized carbons (Fsp3) is 0.375. The second-order valence-electron chi connectivity index (χ2n) is 5.55. The Labute approximate surface area is 142 Å². The Morgan fingerprint density at radius 2 is 2.33 bits per heavy atom. The highest BCUT2D eigenvalue weighted by Gasteiger charge is 2.16. The third kappa shape index (κ3) is 3.81. The van der Waals surface area contributed by atoms with Gasteiger partial charge in [0.25, 0.3) is 5.56 Å². The van der Waals surface area contributed by atoms with E-state index < -0.39 is 11.9 Å². The summed E-state index contributed by atoms with van der Waals surface area (Å²) in [6.07, 6.45) is -0.282. The van der Waals surface area contributed by atoms with E-state index in [2.05, 4.69) is 15.3 Å². The van der Waals surface area contributed by atoms with E-state index in [0.29, 0.717) is 36.5 Å². The van der Waals surface area contributed by atoms with Gasteiger partial charge in [-0.15, -0.1) is 0 Å². The maximum absolute atomic E-state index is 13.0. The fourth-order valence-corrected chi connectivity index (χ4v) is 2.88. The van der Waals surface area contributed by atoms with Gasteiger partial charge in [-0.1, -0.05) is 17.7 Å². The Morgan fingerprint density at radius 3 is 3.12 bits per heavy atom. The molecule has 3 rings (SSSR count). The van der Waals surface area contributed by atoms with Gasteiger partial charge in [0, 0.05) is 23.6 Å². The summed E-state index contributed by atoms with van der Waals surface area (Å²) in [7, 11) is 0. The molecule has 3 N–H and O–H groups in total. The first kappa shape index (κ1) is 17.0. The number of nitrogens with zero attached hydrogens (tertiary/aromatic N) is 1. The summed E-state index contributed by atoms with van der Waals surface area (Å²) in [4.78, 5) is 19.1. The maximum Gasteiger partial charge on any atom is 0.256 e. The van der Waals surface area contributed by atoms with Crippen molar-refractivity contribution in [1.82, 2.24) is 15.3 Å². The van der Waals surface area contributed by atoms with Crippen LogP contribution in [0, 0.1) is 5.82 Å². The average Bonchev–Trinajstić information content (AvgIpc) is 2.55. The van der Waals surface area contributed by atoms with Crippen molar-refractivity contribution in [1.29, 1.82) is 0 Å². The zero-order valence-corrected chi connectivity index (χ0v) is 13.6. The minimum absolute atomic E-state index is 0.171. The molecule has 2 aromatic rings. The quantitative estimate of drug-likeness (QED) is 0.757. The average molecular weight is 354 g/mol. The number of fused-ring (bicyclic) bond motifs is 1. The van der Waals surface area contributed by atoms with E-state index >= 15 is 0 Å². The number of H-pyrrole nitrogens is 1. The molecule has 0 fully saturated rings. The van der Waals surface area contributed by atoms with Crippen LogP contribution in [0.5, 0.6) is 0 Å². The number of hydrogen-bond acceptors (Lipinski definition) is 5. The van der Waals surface area contributed by atoms with E-state index in [1.165, 1.54) is 12.1 Å². The van der Waals surface area contributed by atoms with Crippen LogP contribution in [0.25, 0.3) is 0 Å². The molecule has 1 aromatic carbocycles. The molecule has 1 aromatic heterocycles. The molecule has 1 unspecified atom stereocenters. The lowest BCUT2D eigenvalue weighted by Crippen LogP contribution is -2.28. The smallest absolute Gasteiger partial charge is 0.256 e. The number of rotatable bonds is 5. The Kier molecular flexibility index (Phi) is 5.25. The number of aliphatic hydroxyl groups excluding tert-OH is 1. The van der Waals surface area contributed by atoms with E-state index in [4.69, 9.17) is 16.3 Å². The molecule has 128 valence electrons. The topological polar surface area (TPSA) is 87.2 Å². The second kappa shape index (κ2) is 7.40. The fourth-order valence-electron chi connectivity index (χ4n) is 2.59. The molecule has 0 radical (unpaired) electrons. The summed E-state index contributed by atoms with van der Waals surface area (Å²) in [5.74, 6) is 0.0433. The number of nitrogens with one attached hydrogen (secondary N) is 2. The van der Waals surface area contributed by atoms with Gasteiger partial charge in [0.2, 0.25) is 0 Å². The summed E-state index contributed by atoms with van der Waals surface area (Å²) < 4.78 is 18.3. The van der Waals surface area contributed by atoms with Gasteiger partial charge in [-0.25, -0.2) is 9.37 Å². The predicted octanol–water partition coefficient (Wildman–Crippen LogP) is 1.46. The monoisotopic (exact) mass is 353 g/mol. The normalized spacial score (nSPS) is 15.1. The number of aromatic amines is 1. The first-order valence-electron chi connectivity index (χ1n) is 7.57. The molecule has 24 heavy (non-hydrogen) atoms. The summed E-state index contributed by atoms with van der Waals surface area (Å²) in [5, 5.41) is 13.3. The molecule has 0 saturated heterocycles. The SMILES string of the molecule is O=c1[nH]c(CNCC(O)c2ccc(F)cc2Cl)nc2c1COCC2. The Hall–Kier alpha value is -1.80. The van der Waals surface area contributed by atoms with E-state index in [1.54, 1.807) is 0 Å². The van der Waals surface area contributed by atoms with Crippen molar-refractivity contribution in [2.75, 3.05) is 13.2 Å². The second-order valence-corrected chi connectivity index (χ2v) is 5.96. The highest BCUT2D eigenvalue weighted by atomic mass is 35.5. The van der Waals surface area contributed by atoms with Crippen LogP contribution < -0.4 is 10.9 Å². The van der Waals surface area contributed by atoms with E-state index in [0.717, 1.165) is 11.8 Å². The number of hydrogen-bond donors (Lipinski definition) is 3. The van der Waals surface area contributed by atoms with Gasteiger partial charge in [-0.05, 0) is 12.1 Å². The minimum atomic E-state index is -0.893. The van der Waals surface area contributed by atoms with Crippen LogP contribution in [0.1, 0.15) is 28.7 Å². The minimum Gasteiger partial charge on any atom is -0.387 e. The highest BCUT2D eigenvalue weighted by molar-refractivity contribution is 6.31. The number of ether oxygens (including phenoxy) is 1.